The van der Waals surface area contributed by atoms with Crippen LogP contribution in [0.4, 0.5) is 0 Å². The summed E-state index contributed by atoms with van der Waals surface area (Å²) in [4.78, 5) is 11.9. The molecule has 42 heavy (non-hydrogen) atoms. The van der Waals surface area contributed by atoms with Gasteiger partial charge in [0.2, 0.25) is 0 Å². The minimum atomic E-state index is -0.589. The first-order valence-corrected chi connectivity index (χ1v) is 16.7. The van der Waals surface area contributed by atoms with Gasteiger partial charge in [-0.25, -0.2) is 4.79 Å². The van der Waals surface area contributed by atoms with Crippen molar-refractivity contribution < 1.29 is 19.0 Å². The molecule has 0 radical (unpaired) electrons. The molecule has 1 rings (SSSR count). The van der Waals surface area contributed by atoms with E-state index in [1.54, 1.807) is 6.92 Å². The van der Waals surface area contributed by atoms with Gasteiger partial charge >= 0.3 is 5.97 Å². The number of hydrogen-bond donors (Lipinski definition) is 0. The van der Waals surface area contributed by atoms with Crippen LogP contribution in [0.3, 0.4) is 0 Å². The molecule has 1 saturated carbocycles. The maximum Gasteiger partial charge on any atom is 0.333 e. The monoisotopic (exact) mass is 591 g/mol. The lowest BCUT2D eigenvalue weighted by Crippen LogP contribution is -2.43. The Balaban J connectivity index is 2.54. The summed E-state index contributed by atoms with van der Waals surface area (Å²) < 4.78 is 18.5. The molecule has 2 unspecified atom stereocenters. The lowest BCUT2D eigenvalue weighted by molar-refractivity contribution is -0.156. The molecule has 4 heteroatoms. The quantitative estimate of drug-likeness (QED) is 0.0577. The number of esters is 1. The summed E-state index contributed by atoms with van der Waals surface area (Å²) in [6.07, 6.45) is 13.6. The molecule has 2 atom stereocenters. The fraction of sp³-hybridized carbons (Fsp3) is 0.868. The Morgan fingerprint density at radius 3 is 2.02 bits per heavy atom. The maximum absolute atomic E-state index is 11.9. The zero-order valence-electron chi connectivity index (χ0n) is 30.3. The van der Waals surface area contributed by atoms with Crippen molar-refractivity contribution in [1.29, 1.82) is 0 Å². The molecule has 0 aromatic rings. The Kier molecular flexibility index (Phi) is 14.1. The number of rotatable bonds is 21. The largest absolute Gasteiger partial charge is 0.456 e. The first kappa shape index (κ1) is 38.9. The highest BCUT2D eigenvalue weighted by molar-refractivity contribution is 5.87. The Labute approximate surface area is 261 Å². The molecule has 0 saturated heterocycles. The second-order valence-electron chi connectivity index (χ2n) is 17.4. The van der Waals surface area contributed by atoms with E-state index in [1.807, 2.05) is 13.8 Å². The van der Waals surface area contributed by atoms with E-state index < -0.39 is 5.60 Å². The number of unbranched alkanes of at least 4 members (excludes halogenated alkanes) is 1. The Morgan fingerprint density at radius 2 is 1.50 bits per heavy atom. The van der Waals surface area contributed by atoms with Gasteiger partial charge in [0, 0.05) is 18.6 Å². The Morgan fingerprint density at radius 1 is 0.905 bits per heavy atom. The molecule has 0 heterocycles. The minimum absolute atomic E-state index is 0.00344. The fourth-order valence-electron chi connectivity index (χ4n) is 6.92. The number of carbonyl (C=O) groups excluding carboxylic acids is 1. The molecule has 246 valence electrons. The van der Waals surface area contributed by atoms with E-state index in [0.29, 0.717) is 29.9 Å². The van der Waals surface area contributed by atoms with Gasteiger partial charge in [0.15, 0.2) is 0 Å². The van der Waals surface area contributed by atoms with Crippen LogP contribution in [0.15, 0.2) is 24.8 Å². The van der Waals surface area contributed by atoms with Crippen molar-refractivity contribution >= 4 is 5.97 Å². The summed E-state index contributed by atoms with van der Waals surface area (Å²) in [5, 5.41) is 0. The van der Waals surface area contributed by atoms with Crippen LogP contribution in [0.25, 0.3) is 0 Å². The standard InChI is InChI=1S/C38H70O4/c1-16-30(4)25-38(15,21-19-31-26-33(5,6)27-31)28-36(11,12)40-23-18-17-20-34(7,8)37(13,14)41-24-22-35(9,10)42-32(39)29(2)3/h16,30-31H,1-2,17-28H2,3-15H3. The third-order valence-corrected chi connectivity index (χ3v) is 10.1. The zero-order chi connectivity index (χ0) is 32.6. The third-order valence-electron chi connectivity index (χ3n) is 10.1. The van der Waals surface area contributed by atoms with Crippen LogP contribution >= 0.6 is 0 Å². The fourth-order valence-corrected chi connectivity index (χ4v) is 6.92. The van der Waals surface area contributed by atoms with Crippen molar-refractivity contribution in [3.05, 3.63) is 24.8 Å². The highest BCUT2D eigenvalue weighted by atomic mass is 16.6. The molecule has 0 amide bonds. The van der Waals surface area contributed by atoms with Gasteiger partial charge in [0.25, 0.3) is 0 Å². The van der Waals surface area contributed by atoms with Gasteiger partial charge in [-0.05, 0) is 128 Å². The molecule has 1 aliphatic rings. The van der Waals surface area contributed by atoms with Crippen molar-refractivity contribution in [2.75, 3.05) is 13.2 Å². The summed E-state index contributed by atoms with van der Waals surface area (Å²) in [6.45, 7) is 37.7. The molecule has 0 aliphatic heterocycles. The van der Waals surface area contributed by atoms with Crippen LogP contribution in [0, 0.1) is 28.1 Å². The number of hydrogen-bond acceptors (Lipinski definition) is 4. The van der Waals surface area contributed by atoms with Crippen molar-refractivity contribution in [2.45, 2.75) is 171 Å². The molecule has 0 N–H and O–H groups in total. The minimum Gasteiger partial charge on any atom is -0.456 e. The molecule has 1 fully saturated rings. The van der Waals surface area contributed by atoms with Crippen molar-refractivity contribution in [1.82, 2.24) is 0 Å². The van der Waals surface area contributed by atoms with Crippen molar-refractivity contribution in [2.24, 2.45) is 28.1 Å². The average molecular weight is 591 g/mol. The lowest BCUT2D eigenvalue weighted by Gasteiger charge is -2.45. The van der Waals surface area contributed by atoms with Gasteiger partial charge in [0.1, 0.15) is 5.60 Å². The molecule has 0 aromatic carbocycles. The van der Waals surface area contributed by atoms with Gasteiger partial charge in [-0.3, -0.25) is 0 Å². The van der Waals surface area contributed by atoms with Crippen LogP contribution in [0.1, 0.15) is 154 Å². The SMILES string of the molecule is C=CC(C)CC(C)(CCC1CC(C)(C)C1)CC(C)(C)OCCCCC(C)(C)C(C)(C)OCCC(C)(C)OC(=O)C(=C)C. The van der Waals surface area contributed by atoms with Crippen LogP contribution in [-0.4, -0.2) is 36.0 Å². The lowest BCUT2D eigenvalue weighted by atomic mass is 9.61. The number of allylic oxidation sites excluding steroid dienone is 1. The number of carbonyl (C=O) groups is 1. The van der Waals surface area contributed by atoms with E-state index in [0.717, 1.165) is 38.2 Å². The van der Waals surface area contributed by atoms with Gasteiger partial charge in [0.05, 0.1) is 17.8 Å². The van der Waals surface area contributed by atoms with Gasteiger partial charge < -0.3 is 14.2 Å². The summed E-state index contributed by atoms with van der Waals surface area (Å²) in [5.74, 6) is 1.07. The van der Waals surface area contributed by atoms with E-state index in [4.69, 9.17) is 14.2 Å². The smallest absolute Gasteiger partial charge is 0.333 e. The molecule has 0 spiro atoms. The predicted molar refractivity (Wildman–Crippen MR) is 180 cm³/mol. The van der Waals surface area contributed by atoms with E-state index in [2.05, 4.69) is 88.5 Å². The van der Waals surface area contributed by atoms with Crippen LogP contribution < -0.4 is 0 Å². The van der Waals surface area contributed by atoms with Crippen LogP contribution in [0.2, 0.25) is 0 Å². The number of ether oxygens (including phenoxy) is 3. The average Bonchev–Trinajstić information content (AvgIpc) is 2.79. The van der Waals surface area contributed by atoms with E-state index in [9.17, 15) is 4.79 Å². The molecular weight excluding hydrogens is 520 g/mol. The maximum atomic E-state index is 11.9. The van der Waals surface area contributed by atoms with E-state index in [1.165, 1.54) is 32.1 Å². The highest BCUT2D eigenvalue weighted by Gasteiger charge is 2.40. The normalized spacial score (nSPS) is 18.6. The summed E-state index contributed by atoms with van der Waals surface area (Å²) in [7, 11) is 0. The van der Waals surface area contributed by atoms with Crippen molar-refractivity contribution in [3.8, 4) is 0 Å². The first-order chi connectivity index (χ1) is 18.9. The molecular formula is C38H70O4. The molecule has 1 aliphatic carbocycles. The molecule has 0 aromatic heterocycles. The first-order valence-electron chi connectivity index (χ1n) is 16.7. The summed E-state index contributed by atoms with van der Waals surface area (Å²) >= 11 is 0. The Hall–Kier alpha value is -1.13. The van der Waals surface area contributed by atoms with Gasteiger partial charge in [-0.15, -0.1) is 6.58 Å². The van der Waals surface area contributed by atoms with Crippen molar-refractivity contribution in [3.63, 3.8) is 0 Å². The third kappa shape index (κ3) is 13.7. The molecule has 4 nitrogen and oxygen atoms in total. The second-order valence-corrected chi connectivity index (χ2v) is 17.4. The zero-order valence-corrected chi connectivity index (χ0v) is 30.3. The highest BCUT2D eigenvalue weighted by Crippen LogP contribution is 2.50. The molecule has 0 bridgehead atoms. The second kappa shape index (κ2) is 15.2. The van der Waals surface area contributed by atoms with Crippen LogP contribution in [0.5, 0.6) is 0 Å². The predicted octanol–water partition coefficient (Wildman–Crippen LogP) is 10.9. The van der Waals surface area contributed by atoms with E-state index in [-0.39, 0.29) is 28.0 Å². The Bertz CT molecular complexity index is 870. The summed E-state index contributed by atoms with van der Waals surface area (Å²) in [5.41, 5.74) is 0.185. The van der Waals surface area contributed by atoms with Gasteiger partial charge in [-0.2, -0.15) is 0 Å². The van der Waals surface area contributed by atoms with Crippen LogP contribution in [-0.2, 0) is 19.0 Å². The summed E-state index contributed by atoms with van der Waals surface area (Å²) in [6, 6.07) is 0. The van der Waals surface area contributed by atoms with E-state index >= 15 is 0 Å². The topological polar surface area (TPSA) is 44.8 Å². The van der Waals surface area contributed by atoms with Gasteiger partial charge in [-0.1, -0.05) is 60.6 Å².